The van der Waals surface area contributed by atoms with E-state index in [1.165, 1.54) is 0 Å². The molecule has 0 saturated carbocycles. The van der Waals surface area contributed by atoms with Crippen LogP contribution in [-0.4, -0.2) is 44.3 Å². The molecule has 1 aliphatic heterocycles. The predicted octanol–water partition coefficient (Wildman–Crippen LogP) is 1.68. The van der Waals surface area contributed by atoms with Crippen molar-refractivity contribution in [1.82, 2.24) is 4.90 Å². The summed E-state index contributed by atoms with van der Waals surface area (Å²) in [5.41, 5.74) is 1.10. The molecule has 0 aliphatic carbocycles. The summed E-state index contributed by atoms with van der Waals surface area (Å²) < 4.78 is 10.6. The number of piperidine rings is 1. The maximum atomic E-state index is 11.4. The second-order valence-corrected chi connectivity index (χ2v) is 5.25. The lowest BCUT2D eigenvalue weighted by Crippen LogP contribution is -2.36. The Bertz CT molecular complexity index is 507. The fourth-order valence-electron chi connectivity index (χ4n) is 2.70. The Morgan fingerprint density at radius 2 is 2.00 bits per heavy atom. The number of methoxy groups -OCH3 is 2. The van der Waals surface area contributed by atoms with Crippen LogP contribution >= 0.6 is 0 Å². The summed E-state index contributed by atoms with van der Waals surface area (Å²) in [7, 11) is 3.27. The number of nitrogens with zero attached hydrogens (tertiary/aromatic N) is 1. The van der Waals surface area contributed by atoms with Gasteiger partial charge in [-0.1, -0.05) is 6.07 Å². The normalized spacial score (nSPS) is 16.5. The van der Waals surface area contributed by atoms with E-state index in [0.717, 1.165) is 49.5 Å². The number of aldehydes is 1. The molecule has 0 spiro atoms. The number of ketones is 1. The van der Waals surface area contributed by atoms with Gasteiger partial charge < -0.3 is 9.47 Å². The summed E-state index contributed by atoms with van der Waals surface area (Å²) in [5, 5.41) is 0. The summed E-state index contributed by atoms with van der Waals surface area (Å²) in [5.74, 6) is 1.21. The molecule has 1 aliphatic rings. The molecule has 0 atom stereocenters. The van der Waals surface area contributed by atoms with Gasteiger partial charge in [-0.05, 0) is 32.0 Å². The molecular formula is C16H21NO4. The van der Waals surface area contributed by atoms with Gasteiger partial charge in [0.15, 0.2) is 12.1 Å². The standard InChI is InChI=1S/C16H21NO4/c1-20-14-4-3-13(16(9-14)21-2)10-17-7-5-12(6-8-17)15(19)11-18/h3-4,9,11-12H,5-8,10H2,1-2H3. The number of hydrogen-bond donors (Lipinski definition) is 0. The highest BCUT2D eigenvalue weighted by Gasteiger charge is 2.24. The monoisotopic (exact) mass is 291 g/mol. The zero-order valence-electron chi connectivity index (χ0n) is 12.5. The lowest BCUT2D eigenvalue weighted by atomic mass is 9.93. The summed E-state index contributed by atoms with van der Waals surface area (Å²) in [4.78, 5) is 24.2. The van der Waals surface area contributed by atoms with E-state index in [-0.39, 0.29) is 11.7 Å². The van der Waals surface area contributed by atoms with Gasteiger partial charge in [0, 0.05) is 24.1 Å². The summed E-state index contributed by atoms with van der Waals surface area (Å²) in [6.45, 7) is 2.41. The number of benzene rings is 1. The van der Waals surface area contributed by atoms with Crippen LogP contribution in [0, 0.1) is 5.92 Å². The third kappa shape index (κ3) is 3.82. The minimum Gasteiger partial charge on any atom is -0.497 e. The van der Waals surface area contributed by atoms with Crippen molar-refractivity contribution in [2.24, 2.45) is 5.92 Å². The van der Waals surface area contributed by atoms with Gasteiger partial charge in [0.05, 0.1) is 14.2 Å². The van der Waals surface area contributed by atoms with Crippen LogP contribution < -0.4 is 9.47 Å². The van der Waals surface area contributed by atoms with Crippen molar-refractivity contribution in [3.8, 4) is 11.5 Å². The number of carbonyl (C=O) groups excluding carboxylic acids is 2. The summed E-state index contributed by atoms with van der Waals surface area (Å²) in [6, 6.07) is 5.79. The SMILES string of the molecule is COc1ccc(CN2CCC(C(=O)C=O)CC2)c(OC)c1. The predicted molar refractivity (Wildman–Crippen MR) is 78.6 cm³/mol. The highest BCUT2D eigenvalue weighted by molar-refractivity contribution is 6.25. The van der Waals surface area contributed by atoms with Gasteiger partial charge >= 0.3 is 0 Å². The molecule has 2 rings (SSSR count). The van der Waals surface area contributed by atoms with Crippen molar-refractivity contribution in [3.63, 3.8) is 0 Å². The second kappa shape index (κ2) is 7.22. The molecule has 1 aromatic carbocycles. The average Bonchev–Trinajstić information content (AvgIpc) is 2.55. The molecule has 0 radical (unpaired) electrons. The van der Waals surface area contributed by atoms with Crippen LogP contribution in [0.15, 0.2) is 18.2 Å². The van der Waals surface area contributed by atoms with Gasteiger partial charge in [-0.25, -0.2) is 0 Å². The molecule has 1 saturated heterocycles. The van der Waals surface area contributed by atoms with E-state index in [4.69, 9.17) is 9.47 Å². The zero-order valence-corrected chi connectivity index (χ0v) is 12.5. The molecule has 5 heteroatoms. The molecular weight excluding hydrogens is 270 g/mol. The van der Waals surface area contributed by atoms with E-state index in [1.807, 2.05) is 18.2 Å². The Labute approximate surface area is 124 Å². The lowest BCUT2D eigenvalue weighted by molar-refractivity contribution is -0.133. The Morgan fingerprint density at radius 1 is 1.29 bits per heavy atom. The minimum atomic E-state index is -0.267. The van der Waals surface area contributed by atoms with Crippen molar-refractivity contribution in [2.45, 2.75) is 19.4 Å². The first-order valence-corrected chi connectivity index (χ1v) is 7.10. The number of ether oxygens (including phenoxy) is 2. The first kappa shape index (κ1) is 15.5. The molecule has 0 unspecified atom stereocenters. The van der Waals surface area contributed by atoms with Gasteiger partial charge in [-0.2, -0.15) is 0 Å². The first-order chi connectivity index (χ1) is 10.2. The van der Waals surface area contributed by atoms with Crippen molar-refractivity contribution >= 4 is 12.1 Å². The van der Waals surface area contributed by atoms with E-state index >= 15 is 0 Å². The van der Waals surface area contributed by atoms with Crippen LogP contribution in [0.1, 0.15) is 18.4 Å². The van der Waals surface area contributed by atoms with Gasteiger partial charge in [-0.3, -0.25) is 14.5 Å². The number of carbonyl (C=O) groups is 2. The number of rotatable bonds is 6. The highest BCUT2D eigenvalue weighted by atomic mass is 16.5. The van der Waals surface area contributed by atoms with Gasteiger partial charge in [0.1, 0.15) is 11.5 Å². The molecule has 21 heavy (non-hydrogen) atoms. The molecule has 0 bridgehead atoms. The van der Waals surface area contributed by atoms with E-state index in [2.05, 4.69) is 4.90 Å². The fourth-order valence-corrected chi connectivity index (χ4v) is 2.70. The molecule has 0 aromatic heterocycles. The van der Waals surface area contributed by atoms with E-state index < -0.39 is 0 Å². The van der Waals surface area contributed by atoms with Crippen LogP contribution in [0.3, 0.4) is 0 Å². The number of likely N-dealkylation sites (tertiary alicyclic amines) is 1. The largest absolute Gasteiger partial charge is 0.497 e. The molecule has 0 N–H and O–H groups in total. The van der Waals surface area contributed by atoms with Crippen LogP contribution in [-0.2, 0) is 16.1 Å². The highest BCUT2D eigenvalue weighted by Crippen LogP contribution is 2.27. The van der Waals surface area contributed by atoms with Crippen LogP contribution in [0.2, 0.25) is 0 Å². The molecule has 0 amide bonds. The lowest BCUT2D eigenvalue weighted by Gasteiger charge is -2.30. The van der Waals surface area contributed by atoms with Crippen molar-refractivity contribution in [1.29, 1.82) is 0 Å². The Balaban J connectivity index is 1.97. The second-order valence-electron chi connectivity index (χ2n) is 5.25. The molecule has 5 nitrogen and oxygen atoms in total. The van der Waals surface area contributed by atoms with E-state index in [0.29, 0.717) is 6.29 Å². The Morgan fingerprint density at radius 3 is 2.57 bits per heavy atom. The quantitative estimate of drug-likeness (QED) is 0.589. The van der Waals surface area contributed by atoms with Crippen molar-refractivity contribution < 1.29 is 19.1 Å². The Kier molecular flexibility index (Phi) is 5.33. The third-order valence-corrected chi connectivity index (χ3v) is 3.99. The van der Waals surface area contributed by atoms with E-state index in [9.17, 15) is 9.59 Å². The smallest absolute Gasteiger partial charge is 0.198 e. The average molecular weight is 291 g/mol. The molecule has 1 fully saturated rings. The topological polar surface area (TPSA) is 55.8 Å². The summed E-state index contributed by atoms with van der Waals surface area (Å²) >= 11 is 0. The number of Topliss-reactive ketones (excluding diaryl/α,β-unsaturated/α-hetero) is 1. The van der Waals surface area contributed by atoms with Crippen LogP contribution in [0.25, 0.3) is 0 Å². The van der Waals surface area contributed by atoms with Gasteiger partial charge in [-0.15, -0.1) is 0 Å². The van der Waals surface area contributed by atoms with Crippen molar-refractivity contribution in [3.05, 3.63) is 23.8 Å². The third-order valence-electron chi connectivity index (χ3n) is 3.99. The summed E-state index contributed by atoms with van der Waals surface area (Å²) in [6.07, 6.45) is 1.94. The number of hydrogen-bond acceptors (Lipinski definition) is 5. The maximum Gasteiger partial charge on any atom is 0.198 e. The van der Waals surface area contributed by atoms with Crippen molar-refractivity contribution in [2.75, 3.05) is 27.3 Å². The molecule has 1 aromatic rings. The maximum absolute atomic E-state index is 11.4. The van der Waals surface area contributed by atoms with Gasteiger partial charge in [0.25, 0.3) is 0 Å². The van der Waals surface area contributed by atoms with E-state index in [1.54, 1.807) is 14.2 Å². The van der Waals surface area contributed by atoms with Gasteiger partial charge in [0.2, 0.25) is 0 Å². The molecule has 1 heterocycles. The zero-order chi connectivity index (χ0) is 15.2. The van der Waals surface area contributed by atoms with Crippen LogP contribution in [0.5, 0.6) is 11.5 Å². The Hall–Kier alpha value is -1.88. The fraction of sp³-hybridized carbons (Fsp3) is 0.500. The first-order valence-electron chi connectivity index (χ1n) is 7.10. The molecule has 114 valence electrons. The van der Waals surface area contributed by atoms with Crippen LogP contribution in [0.4, 0.5) is 0 Å². The minimum absolute atomic E-state index is 0.100.